The molecule has 0 unspecified atom stereocenters. The lowest BCUT2D eigenvalue weighted by Gasteiger charge is -2.22. The van der Waals surface area contributed by atoms with Gasteiger partial charge in [-0.15, -0.1) is 0 Å². The van der Waals surface area contributed by atoms with Gasteiger partial charge in [-0.2, -0.15) is 0 Å². The predicted octanol–water partition coefficient (Wildman–Crippen LogP) is 2.16. The van der Waals surface area contributed by atoms with Crippen LogP contribution in [0, 0.1) is 0 Å². The van der Waals surface area contributed by atoms with Crippen molar-refractivity contribution < 1.29 is 9.59 Å². The monoisotopic (exact) mass is 314 g/mol. The molecule has 23 heavy (non-hydrogen) atoms. The minimum absolute atomic E-state index is 0.0529. The Hall–Kier alpha value is -2.37. The summed E-state index contributed by atoms with van der Waals surface area (Å²) in [5.41, 5.74) is 1.22. The highest BCUT2D eigenvalue weighted by molar-refractivity contribution is 5.99. The van der Waals surface area contributed by atoms with Gasteiger partial charge in [0, 0.05) is 26.2 Å². The van der Waals surface area contributed by atoms with Crippen molar-refractivity contribution in [3.05, 3.63) is 35.9 Å². The molecule has 1 N–H and O–H groups in total. The van der Waals surface area contributed by atoms with Gasteiger partial charge in [-0.3, -0.25) is 9.59 Å². The molecule has 6 heteroatoms. The van der Waals surface area contributed by atoms with Crippen molar-refractivity contribution in [2.45, 2.75) is 39.2 Å². The fourth-order valence-electron chi connectivity index (χ4n) is 3.20. The summed E-state index contributed by atoms with van der Waals surface area (Å²) in [6, 6.07) is 5.65. The van der Waals surface area contributed by atoms with E-state index in [-0.39, 0.29) is 17.9 Å². The van der Waals surface area contributed by atoms with Crippen molar-refractivity contribution in [1.29, 1.82) is 0 Å². The highest BCUT2D eigenvalue weighted by atomic mass is 16.2. The molecule has 0 spiro atoms. The van der Waals surface area contributed by atoms with Crippen LogP contribution in [-0.2, 0) is 4.79 Å². The second-order valence-corrected chi connectivity index (χ2v) is 5.90. The van der Waals surface area contributed by atoms with Gasteiger partial charge < -0.3 is 14.6 Å². The number of likely N-dealkylation sites (tertiary alicyclic amines) is 1. The van der Waals surface area contributed by atoms with Crippen molar-refractivity contribution in [2.24, 2.45) is 0 Å². The molecule has 3 heterocycles. The van der Waals surface area contributed by atoms with Gasteiger partial charge in [-0.1, -0.05) is 13.0 Å². The number of carbonyl (C=O) groups excluding carboxylic acids is 2. The van der Waals surface area contributed by atoms with Crippen LogP contribution in [0.1, 0.15) is 55.5 Å². The van der Waals surface area contributed by atoms with Crippen LogP contribution >= 0.6 is 0 Å². The molecular weight excluding hydrogens is 292 g/mol. The maximum atomic E-state index is 12.4. The summed E-state index contributed by atoms with van der Waals surface area (Å²) in [5, 5.41) is 2.88. The van der Waals surface area contributed by atoms with Crippen molar-refractivity contribution in [2.75, 3.05) is 13.1 Å². The van der Waals surface area contributed by atoms with Crippen LogP contribution in [0.2, 0.25) is 0 Å². The first-order chi connectivity index (χ1) is 11.1. The Kier molecular flexibility index (Phi) is 4.32. The van der Waals surface area contributed by atoms with Gasteiger partial charge >= 0.3 is 0 Å². The number of rotatable bonds is 4. The first-order valence-electron chi connectivity index (χ1n) is 8.16. The van der Waals surface area contributed by atoms with E-state index in [9.17, 15) is 9.59 Å². The maximum absolute atomic E-state index is 12.4. The van der Waals surface area contributed by atoms with E-state index in [1.54, 1.807) is 6.92 Å². The number of pyridine rings is 1. The summed E-state index contributed by atoms with van der Waals surface area (Å²) < 4.78 is 1.94. The van der Waals surface area contributed by atoms with E-state index in [0.29, 0.717) is 12.2 Å². The summed E-state index contributed by atoms with van der Waals surface area (Å²) in [7, 11) is 0. The van der Waals surface area contributed by atoms with Crippen LogP contribution in [0.3, 0.4) is 0 Å². The lowest BCUT2D eigenvalue weighted by Crippen LogP contribution is -2.29. The minimum atomic E-state index is -0.158. The Labute approximate surface area is 135 Å². The summed E-state index contributed by atoms with van der Waals surface area (Å²) in [5.74, 6) is 0.668. The van der Waals surface area contributed by atoms with Crippen LogP contribution in [0.5, 0.6) is 0 Å². The smallest absolute Gasteiger partial charge is 0.272 e. The fourth-order valence-corrected chi connectivity index (χ4v) is 3.20. The molecule has 2 amide bonds. The van der Waals surface area contributed by atoms with Crippen molar-refractivity contribution in [3.8, 4) is 0 Å². The van der Waals surface area contributed by atoms with Crippen LogP contribution in [-0.4, -0.2) is 39.2 Å². The number of amides is 2. The number of carbonyl (C=O) groups is 2. The minimum Gasteiger partial charge on any atom is -0.351 e. The fraction of sp³-hybridized carbons (Fsp3) is 0.471. The lowest BCUT2D eigenvalue weighted by molar-refractivity contribution is -0.129. The van der Waals surface area contributed by atoms with Gasteiger partial charge in [0.2, 0.25) is 5.91 Å². The molecule has 0 aromatic carbocycles. The van der Waals surface area contributed by atoms with E-state index in [1.807, 2.05) is 40.6 Å². The first-order valence-corrected chi connectivity index (χ1v) is 8.16. The standard InChI is InChI=1S/C17H22N4O2/c1-3-9-18-17(23)15-13-7-4-5-10-21(13)16(19-15)14-8-6-11-20(14)12(2)22/h4-5,7,10,14H,3,6,8-9,11H2,1-2H3,(H,18,23)/t14-/m1/s1. The molecule has 6 nitrogen and oxygen atoms in total. The molecule has 0 radical (unpaired) electrons. The normalized spacial score (nSPS) is 17.7. The third-order valence-corrected chi connectivity index (χ3v) is 4.28. The van der Waals surface area contributed by atoms with E-state index >= 15 is 0 Å². The van der Waals surface area contributed by atoms with E-state index in [2.05, 4.69) is 10.3 Å². The summed E-state index contributed by atoms with van der Waals surface area (Å²) in [6.45, 7) is 4.98. The van der Waals surface area contributed by atoms with Gasteiger partial charge in [0.15, 0.2) is 5.69 Å². The van der Waals surface area contributed by atoms with Gasteiger partial charge in [-0.05, 0) is 31.4 Å². The molecule has 0 bridgehead atoms. The summed E-state index contributed by atoms with van der Waals surface area (Å²) >= 11 is 0. The third-order valence-electron chi connectivity index (χ3n) is 4.28. The van der Waals surface area contributed by atoms with E-state index < -0.39 is 0 Å². The Balaban J connectivity index is 2.04. The zero-order valence-electron chi connectivity index (χ0n) is 13.6. The van der Waals surface area contributed by atoms with Crippen molar-refractivity contribution in [1.82, 2.24) is 19.6 Å². The molecule has 2 aromatic heterocycles. The second-order valence-electron chi connectivity index (χ2n) is 5.90. The molecule has 3 rings (SSSR count). The average Bonchev–Trinajstić information content (AvgIpc) is 3.16. The van der Waals surface area contributed by atoms with Crippen LogP contribution in [0.25, 0.3) is 5.52 Å². The number of hydrogen-bond donors (Lipinski definition) is 1. The molecule has 1 fully saturated rings. The number of imidazole rings is 1. The zero-order chi connectivity index (χ0) is 16.4. The van der Waals surface area contributed by atoms with Crippen LogP contribution in [0.15, 0.2) is 24.4 Å². The average molecular weight is 314 g/mol. The van der Waals surface area contributed by atoms with Gasteiger partial charge in [-0.25, -0.2) is 4.98 Å². The zero-order valence-corrected chi connectivity index (χ0v) is 13.6. The Bertz CT molecular complexity index is 737. The molecular formula is C17H22N4O2. The molecule has 1 aliphatic heterocycles. The van der Waals surface area contributed by atoms with E-state index in [0.717, 1.165) is 37.1 Å². The molecule has 1 aliphatic rings. The number of fused-ring (bicyclic) bond motifs is 1. The quantitative estimate of drug-likeness (QED) is 0.940. The largest absolute Gasteiger partial charge is 0.351 e. The predicted molar refractivity (Wildman–Crippen MR) is 87.2 cm³/mol. The molecule has 2 aromatic rings. The second kappa shape index (κ2) is 6.40. The summed E-state index contributed by atoms with van der Waals surface area (Å²) in [6.07, 6.45) is 4.63. The third kappa shape index (κ3) is 2.81. The van der Waals surface area contributed by atoms with E-state index in [4.69, 9.17) is 0 Å². The number of nitrogens with one attached hydrogen (secondary N) is 1. The molecule has 122 valence electrons. The number of nitrogens with zero attached hydrogens (tertiary/aromatic N) is 3. The number of hydrogen-bond acceptors (Lipinski definition) is 3. The van der Waals surface area contributed by atoms with Gasteiger partial charge in [0.05, 0.1) is 11.6 Å². The topological polar surface area (TPSA) is 66.7 Å². The highest BCUT2D eigenvalue weighted by Crippen LogP contribution is 2.32. The first kappa shape index (κ1) is 15.5. The van der Waals surface area contributed by atoms with Crippen LogP contribution < -0.4 is 5.32 Å². The number of aromatic nitrogens is 2. The summed E-state index contributed by atoms with van der Waals surface area (Å²) in [4.78, 5) is 30.7. The van der Waals surface area contributed by atoms with Gasteiger partial charge in [0.1, 0.15) is 5.82 Å². The van der Waals surface area contributed by atoms with Crippen LogP contribution in [0.4, 0.5) is 0 Å². The Morgan fingerprint density at radius 2 is 2.22 bits per heavy atom. The Morgan fingerprint density at radius 3 is 2.96 bits per heavy atom. The maximum Gasteiger partial charge on any atom is 0.272 e. The molecule has 0 saturated carbocycles. The van der Waals surface area contributed by atoms with Crippen molar-refractivity contribution >= 4 is 17.3 Å². The van der Waals surface area contributed by atoms with Crippen molar-refractivity contribution in [3.63, 3.8) is 0 Å². The van der Waals surface area contributed by atoms with Gasteiger partial charge in [0.25, 0.3) is 5.91 Å². The van der Waals surface area contributed by atoms with E-state index in [1.165, 1.54) is 0 Å². The Morgan fingerprint density at radius 1 is 1.39 bits per heavy atom. The lowest BCUT2D eigenvalue weighted by atomic mass is 10.2. The molecule has 1 atom stereocenters. The molecule has 0 aliphatic carbocycles. The highest BCUT2D eigenvalue weighted by Gasteiger charge is 2.32. The molecule has 1 saturated heterocycles. The SMILES string of the molecule is CCCNC(=O)c1nc([C@H]2CCCN2C(C)=O)n2ccccc12.